The summed E-state index contributed by atoms with van der Waals surface area (Å²) in [6, 6.07) is 9.11. The van der Waals surface area contributed by atoms with Crippen molar-refractivity contribution in [3.8, 4) is 0 Å². The number of hydrogen-bond donors (Lipinski definition) is 4. The first-order chi connectivity index (χ1) is 14.5. The summed E-state index contributed by atoms with van der Waals surface area (Å²) in [6.07, 6.45) is 7.87. The average Bonchev–Trinajstić information content (AvgIpc) is 3.24. The van der Waals surface area contributed by atoms with Crippen LogP contribution < -0.4 is 10.6 Å². The zero-order valence-electron chi connectivity index (χ0n) is 17.1. The fourth-order valence-corrected chi connectivity index (χ4v) is 3.08. The molecule has 1 atom stereocenters. The Morgan fingerprint density at radius 1 is 1.00 bits per heavy atom. The first kappa shape index (κ1) is 23.1. The number of nitrogens with one attached hydrogen (secondary N) is 3. The molecule has 0 unspecified atom stereocenters. The van der Waals surface area contributed by atoms with E-state index in [1.165, 1.54) is 18.1 Å². The monoisotopic (exact) mass is 414 g/mol. The van der Waals surface area contributed by atoms with Crippen molar-refractivity contribution < 1.29 is 19.5 Å². The van der Waals surface area contributed by atoms with Crippen LogP contribution in [0.15, 0.2) is 42.9 Å². The number of H-pyrrole nitrogens is 1. The molecular weight excluding hydrogens is 384 g/mol. The quantitative estimate of drug-likeness (QED) is 0.353. The van der Waals surface area contributed by atoms with Gasteiger partial charge in [-0.15, -0.1) is 0 Å². The molecule has 30 heavy (non-hydrogen) atoms. The lowest BCUT2D eigenvalue weighted by Gasteiger charge is -2.13. The third-order valence-electron chi connectivity index (χ3n) is 4.73. The van der Waals surface area contributed by atoms with Gasteiger partial charge in [0.15, 0.2) is 0 Å². The fourth-order valence-electron chi connectivity index (χ4n) is 3.08. The maximum atomic E-state index is 12.0. The van der Waals surface area contributed by atoms with Crippen LogP contribution in [-0.2, 0) is 27.2 Å². The van der Waals surface area contributed by atoms with E-state index in [9.17, 15) is 19.5 Å². The second-order valence-electron chi connectivity index (χ2n) is 7.24. The molecule has 2 aromatic rings. The summed E-state index contributed by atoms with van der Waals surface area (Å²) in [5, 5.41) is 14.7. The van der Waals surface area contributed by atoms with E-state index in [2.05, 4.69) is 32.7 Å². The number of benzene rings is 1. The minimum atomic E-state index is -1.08. The molecule has 0 saturated heterocycles. The van der Waals surface area contributed by atoms with E-state index < -0.39 is 12.0 Å². The van der Waals surface area contributed by atoms with Crippen LogP contribution >= 0.6 is 0 Å². The number of amides is 2. The number of aromatic amines is 1. The average molecular weight is 415 g/mol. The number of imidazole rings is 1. The molecule has 0 fully saturated rings. The Bertz CT molecular complexity index is 778. The van der Waals surface area contributed by atoms with E-state index in [0.29, 0.717) is 25.1 Å². The van der Waals surface area contributed by atoms with E-state index in [1.54, 1.807) is 0 Å². The molecular formula is C22H30N4O4. The Balaban J connectivity index is 1.50. The third-order valence-corrected chi connectivity index (χ3v) is 4.73. The second kappa shape index (κ2) is 13.1. The van der Waals surface area contributed by atoms with E-state index in [1.807, 2.05) is 18.2 Å². The Hall–Kier alpha value is -3.16. The summed E-state index contributed by atoms with van der Waals surface area (Å²) in [5.41, 5.74) is 1.89. The van der Waals surface area contributed by atoms with Gasteiger partial charge in [0.2, 0.25) is 11.8 Å². The lowest BCUT2D eigenvalue weighted by Crippen LogP contribution is -2.42. The zero-order valence-corrected chi connectivity index (χ0v) is 17.1. The number of aryl methyl sites for hydroxylation is 1. The van der Waals surface area contributed by atoms with Crippen molar-refractivity contribution in [2.24, 2.45) is 0 Å². The van der Waals surface area contributed by atoms with Gasteiger partial charge in [0.05, 0.1) is 6.33 Å². The molecule has 8 nitrogen and oxygen atoms in total. The van der Waals surface area contributed by atoms with Crippen LogP contribution in [0.4, 0.5) is 0 Å². The maximum Gasteiger partial charge on any atom is 0.326 e. The molecule has 4 N–H and O–H groups in total. The molecule has 0 radical (unpaired) electrons. The number of carboxylic acid groups (broad SMARTS) is 1. The van der Waals surface area contributed by atoms with Crippen molar-refractivity contribution >= 4 is 17.8 Å². The minimum Gasteiger partial charge on any atom is -0.480 e. The highest BCUT2D eigenvalue weighted by Gasteiger charge is 2.20. The number of carbonyl (C=O) groups excluding carboxylic acids is 2. The Kier molecular flexibility index (Phi) is 10.1. The van der Waals surface area contributed by atoms with Crippen LogP contribution in [0.3, 0.4) is 0 Å². The molecule has 1 aromatic carbocycles. The minimum absolute atomic E-state index is 0.0479. The fraction of sp³-hybridized carbons (Fsp3) is 0.455. The van der Waals surface area contributed by atoms with Crippen molar-refractivity contribution in [3.63, 3.8) is 0 Å². The predicted octanol–water partition coefficient (Wildman–Crippen LogP) is 2.22. The number of rotatable bonds is 14. The van der Waals surface area contributed by atoms with Crippen LogP contribution in [-0.4, -0.2) is 45.4 Å². The predicted molar refractivity (Wildman–Crippen MR) is 113 cm³/mol. The van der Waals surface area contributed by atoms with Gasteiger partial charge in [-0.1, -0.05) is 36.8 Å². The van der Waals surface area contributed by atoms with Crippen LogP contribution in [0.25, 0.3) is 0 Å². The van der Waals surface area contributed by atoms with E-state index in [-0.39, 0.29) is 24.7 Å². The van der Waals surface area contributed by atoms with Gasteiger partial charge in [-0.05, 0) is 31.2 Å². The van der Waals surface area contributed by atoms with E-state index in [4.69, 9.17) is 0 Å². The lowest BCUT2D eigenvalue weighted by atomic mass is 10.1. The van der Waals surface area contributed by atoms with Crippen molar-refractivity contribution in [2.75, 3.05) is 6.54 Å². The van der Waals surface area contributed by atoms with Crippen LogP contribution in [0, 0.1) is 0 Å². The molecule has 0 saturated carbocycles. The van der Waals surface area contributed by atoms with Crippen LogP contribution in [0.5, 0.6) is 0 Å². The zero-order chi connectivity index (χ0) is 21.6. The normalized spacial score (nSPS) is 11.6. The molecule has 0 spiro atoms. The van der Waals surface area contributed by atoms with Crippen molar-refractivity contribution in [1.82, 2.24) is 20.6 Å². The Labute approximate surface area is 176 Å². The molecule has 162 valence electrons. The summed E-state index contributed by atoms with van der Waals surface area (Å²) >= 11 is 0. The van der Waals surface area contributed by atoms with Crippen molar-refractivity contribution in [3.05, 3.63) is 54.1 Å². The van der Waals surface area contributed by atoms with E-state index >= 15 is 0 Å². The van der Waals surface area contributed by atoms with E-state index in [0.717, 1.165) is 25.7 Å². The Morgan fingerprint density at radius 3 is 2.47 bits per heavy atom. The number of carbonyl (C=O) groups is 3. The summed E-state index contributed by atoms with van der Waals surface area (Å²) in [6.45, 7) is 0.587. The largest absolute Gasteiger partial charge is 0.480 e. The van der Waals surface area contributed by atoms with Crippen LogP contribution in [0.1, 0.15) is 49.8 Å². The molecule has 1 heterocycles. The molecule has 0 bridgehead atoms. The number of aliphatic carboxylic acids is 1. The molecule has 8 heteroatoms. The Morgan fingerprint density at radius 2 is 1.77 bits per heavy atom. The summed E-state index contributed by atoms with van der Waals surface area (Å²) in [5.74, 6) is -1.31. The molecule has 0 aliphatic rings. The number of nitrogens with zero attached hydrogens (tertiary/aromatic N) is 1. The molecule has 0 aliphatic carbocycles. The van der Waals surface area contributed by atoms with Crippen molar-refractivity contribution in [1.29, 1.82) is 0 Å². The number of unbranched alkanes of at least 4 members (excludes halogenated alkanes) is 2. The topological polar surface area (TPSA) is 124 Å². The molecule has 1 aromatic heterocycles. The standard InChI is InChI=1S/C22H30N4O4/c27-20(12-7-10-17-8-3-1-4-9-17)24-13-6-2-5-11-21(28)26-19(22(29)30)14-18-15-23-16-25-18/h1,3-4,8-9,15-16,19H,2,5-7,10-14H2,(H,23,25)(H,24,27)(H,26,28)(H,29,30)/t19-/m0/s1. The summed E-state index contributed by atoms with van der Waals surface area (Å²) in [4.78, 5) is 41.8. The summed E-state index contributed by atoms with van der Waals surface area (Å²) < 4.78 is 0. The van der Waals surface area contributed by atoms with Gasteiger partial charge in [-0.25, -0.2) is 9.78 Å². The maximum absolute atomic E-state index is 12.0. The smallest absolute Gasteiger partial charge is 0.326 e. The van der Waals surface area contributed by atoms with Gasteiger partial charge in [0, 0.05) is 37.7 Å². The van der Waals surface area contributed by atoms with Crippen LogP contribution in [0.2, 0.25) is 0 Å². The van der Waals surface area contributed by atoms with Gasteiger partial charge in [-0.3, -0.25) is 9.59 Å². The van der Waals surface area contributed by atoms with Gasteiger partial charge < -0.3 is 20.7 Å². The number of aromatic nitrogens is 2. The molecule has 2 amide bonds. The molecule has 2 rings (SSSR count). The number of carboxylic acids is 1. The number of hydrogen-bond acceptors (Lipinski definition) is 4. The third kappa shape index (κ3) is 9.36. The van der Waals surface area contributed by atoms with Crippen molar-refractivity contribution in [2.45, 2.75) is 57.4 Å². The van der Waals surface area contributed by atoms with Gasteiger partial charge in [-0.2, -0.15) is 0 Å². The summed E-state index contributed by atoms with van der Waals surface area (Å²) in [7, 11) is 0. The highest BCUT2D eigenvalue weighted by Crippen LogP contribution is 2.05. The SMILES string of the molecule is O=C(CCCc1ccccc1)NCCCCCC(=O)N[C@@H](Cc1cnc[nH]1)C(=O)O. The highest BCUT2D eigenvalue weighted by molar-refractivity contribution is 5.83. The lowest BCUT2D eigenvalue weighted by molar-refractivity contribution is -0.141. The highest BCUT2D eigenvalue weighted by atomic mass is 16.4. The van der Waals surface area contributed by atoms with Gasteiger partial charge in [0.1, 0.15) is 6.04 Å². The van der Waals surface area contributed by atoms with Gasteiger partial charge in [0.25, 0.3) is 0 Å². The molecule has 0 aliphatic heterocycles. The first-order valence-corrected chi connectivity index (χ1v) is 10.3. The first-order valence-electron chi connectivity index (χ1n) is 10.3. The van der Waals surface area contributed by atoms with Gasteiger partial charge >= 0.3 is 5.97 Å². The second-order valence-corrected chi connectivity index (χ2v) is 7.24.